The van der Waals surface area contributed by atoms with Gasteiger partial charge in [-0.05, 0) is 29.0 Å². The van der Waals surface area contributed by atoms with Gasteiger partial charge in [0.15, 0.2) is 0 Å². The standard InChI is InChI=1S/C15H16ClN3OS/c16-14-2-1-13(9-17-14)15(20)19-6-4-18(5-7-19)10-12-3-8-21-11-12/h1-3,8-9,11H,4-7,10H2/p+1. The number of hydrogen-bond donors (Lipinski definition) is 1. The van der Waals surface area contributed by atoms with Crippen LogP contribution in [0.25, 0.3) is 0 Å². The second kappa shape index (κ2) is 6.56. The van der Waals surface area contributed by atoms with Gasteiger partial charge < -0.3 is 9.80 Å². The number of rotatable bonds is 3. The van der Waals surface area contributed by atoms with Crippen LogP contribution in [0.5, 0.6) is 0 Å². The zero-order valence-electron chi connectivity index (χ0n) is 11.6. The molecule has 2 aromatic rings. The third-order valence-corrected chi connectivity index (χ3v) is 4.72. The Bertz CT molecular complexity index is 592. The molecule has 21 heavy (non-hydrogen) atoms. The first-order valence-electron chi connectivity index (χ1n) is 6.98. The van der Waals surface area contributed by atoms with E-state index in [1.807, 2.05) is 4.90 Å². The first kappa shape index (κ1) is 14.5. The second-order valence-corrected chi connectivity index (χ2v) is 6.39. The van der Waals surface area contributed by atoms with Crippen molar-refractivity contribution in [1.82, 2.24) is 9.88 Å². The van der Waals surface area contributed by atoms with Crippen LogP contribution in [-0.2, 0) is 6.54 Å². The molecule has 1 saturated heterocycles. The minimum atomic E-state index is 0.0498. The monoisotopic (exact) mass is 322 g/mol. The topological polar surface area (TPSA) is 37.6 Å². The SMILES string of the molecule is O=C(c1ccc(Cl)nc1)N1CC[NH+](Cc2ccsc2)CC1. The van der Waals surface area contributed by atoms with Gasteiger partial charge >= 0.3 is 0 Å². The van der Waals surface area contributed by atoms with Crippen molar-refractivity contribution in [2.24, 2.45) is 0 Å². The van der Waals surface area contributed by atoms with Gasteiger partial charge in [-0.1, -0.05) is 11.6 Å². The predicted molar refractivity (Wildman–Crippen MR) is 83.9 cm³/mol. The Morgan fingerprint density at radius 3 is 2.76 bits per heavy atom. The highest BCUT2D eigenvalue weighted by Gasteiger charge is 2.24. The normalized spacial score (nSPS) is 16.1. The summed E-state index contributed by atoms with van der Waals surface area (Å²) in [6.07, 6.45) is 1.55. The fourth-order valence-electron chi connectivity index (χ4n) is 2.57. The van der Waals surface area contributed by atoms with Crippen molar-refractivity contribution < 1.29 is 9.69 Å². The molecular weight excluding hydrogens is 306 g/mol. The number of quaternary nitrogens is 1. The molecule has 3 rings (SSSR count). The Labute approximate surface area is 133 Å². The van der Waals surface area contributed by atoms with Crippen LogP contribution in [0.1, 0.15) is 15.9 Å². The third kappa shape index (κ3) is 3.61. The van der Waals surface area contributed by atoms with E-state index in [1.165, 1.54) is 10.5 Å². The molecule has 1 amide bonds. The number of carbonyl (C=O) groups is 1. The molecule has 3 heterocycles. The van der Waals surface area contributed by atoms with E-state index in [-0.39, 0.29) is 5.91 Å². The van der Waals surface area contributed by atoms with Crippen molar-refractivity contribution in [3.05, 3.63) is 51.4 Å². The maximum Gasteiger partial charge on any atom is 0.255 e. The van der Waals surface area contributed by atoms with Crippen molar-refractivity contribution >= 4 is 28.8 Å². The first-order chi connectivity index (χ1) is 10.2. The Kier molecular flexibility index (Phi) is 4.53. The summed E-state index contributed by atoms with van der Waals surface area (Å²) < 4.78 is 0. The molecule has 0 spiro atoms. The maximum atomic E-state index is 12.4. The van der Waals surface area contributed by atoms with Gasteiger partial charge in [0.05, 0.1) is 31.7 Å². The fourth-order valence-corrected chi connectivity index (χ4v) is 3.35. The van der Waals surface area contributed by atoms with Crippen LogP contribution in [0.15, 0.2) is 35.2 Å². The largest absolute Gasteiger partial charge is 0.328 e. The number of thiophene rings is 1. The summed E-state index contributed by atoms with van der Waals surface area (Å²) in [4.78, 5) is 19.8. The zero-order chi connectivity index (χ0) is 14.7. The van der Waals surface area contributed by atoms with E-state index in [1.54, 1.807) is 29.7 Å². The lowest BCUT2D eigenvalue weighted by atomic mass is 10.2. The van der Waals surface area contributed by atoms with Crippen LogP contribution in [0.3, 0.4) is 0 Å². The van der Waals surface area contributed by atoms with Crippen molar-refractivity contribution in [3.63, 3.8) is 0 Å². The second-order valence-electron chi connectivity index (χ2n) is 5.22. The Balaban J connectivity index is 1.55. The highest BCUT2D eigenvalue weighted by Crippen LogP contribution is 2.09. The molecule has 0 atom stereocenters. The van der Waals surface area contributed by atoms with Gasteiger partial charge in [0, 0.05) is 11.8 Å². The predicted octanol–water partition coefficient (Wildman–Crippen LogP) is 1.34. The van der Waals surface area contributed by atoms with Crippen LogP contribution < -0.4 is 4.90 Å². The van der Waals surface area contributed by atoms with Gasteiger partial charge in [0.1, 0.15) is 11.7 Å². The summed E-state index contributed by atoms with van der Waals surface area (Å²) in [5, 5.41) is 4.72. The van der Waals surface area contributed by atoms with Crippen molar-refractivity contribution in [1.29, 1.82) is 0 Å². The molecule has 110 valence electrons. The van der Waals surface area contributed by atoms with E-state index < -0.39 is 0 Å². The Morgan fingerprint density at radius 1 is 1.33 bits per heavy atom. The van der Waals surface area contributed by atoms with Crippen LogP contribution in [0.4, 0.5) is 0 Å². The van der Waals surface area contributed by atoms with Gasteiger partial charge in [0.2, 0.25) is 0 Å². The molecular formula is C15H17ClN3OS+. The molecule has 0 saturated carbocycles. The molecule has 1 aliphatic rings. The number of piperazine rings is 1. The molecule has 4 nitrogen and oxygen atoms in total. The molecule has 0 bridgehead atoms. The first-order valence-corrected chi connectivity index (χ1v) is 8.30. The van der Waals surface area contributed by atoms with Gasteiger partial charge in [-0.15, -0.1) is 0 Å². The molecule has 2 aromatic heterocycles. The number of hydrogen-bond acceptors (Lipinski definition) is 3. The molecule has 6 heteroatoms. The summed E-state index contributed by atoms with van der Waals surface area (Å²) in [6, 6.07) is 5.57. The summed E-state index contributed by atoms with van der Waals surface area (Å²) in [5.41, 5.74) is 2.00. The summed E-state index contributed by atoms with van der Waals surface area (Å²) in [5.74, 6) is 0.0498. The van der Waals surface area contributed by atoms with Gasteiger partial charge in [0.25, 0.3) is 5.91 Å². The quantitative estimate of drug-likeness (QED) is 0.866. The van der Waals surface area contributed by atoms with Crippen LogP contribution >= 0.6 is 22.9 Å². The van der Waals surface area contributed by atoms with Gasteiger partial charge in [-0.2, -0.15) is 11.3 Å². The van der Waals surface area contributed by atoms with E-state index in [0.29, 0.717) is 10.7 Å². The molecule has 1 N–H and O–H groups in total. The summed E-state index contributed by atoms with van der Waals surface area (Å²) in [6.45, 7) is 4.61. The summed E-state index contributed by atoms with van der Waals surface area (Å²) >= 11 is 7.49. The number of nitrogens with one attached hydrogen (secondary N) is 1. The Morgan fingerprint density at radius 2 is 2.14 bits per heavy atom. The highest BCUT2D eigenvalue weighted by atomic mass is 35.5. The number of aromatic nitrogens is 1. The number of amides is 1. The highest BCUT2D eigenvalue weighted by molar-refractivity contribution is 7.07. The van der Waals surface area contributed by atoms with Gasteiger partial charge in [-0.25, -0.2) is 4.98 Å². The minimum Gasteiger partial charge on any atom is -0.328 e. The molecule has 1 aliphatic heterocycles. The number of nitrogens with zero attached hydrogens (tertiary/aromatic N) is 2. The third-order valence-electron chi connectivity index (χ3n) is 3.77. The number of pyridine rings is 1. The molecule has 0 unspecified atom stereocenters. The minimum absolute atomic E-state index is 0.0498. The fraction of sp³-hybridized carbons (Fsp3) is 0.333. The van der Waals surface area contributed by atoms with E-state index in [9.17, 15) is 4.79 Å². The lowest BCUT2D eigenvalue weighted by Crippen LogP contribution is -3.13. The maximum absolute atomic E-state index is 12.4. The van der Waals surface area contributed by atoms with E-state index in [4.69, 9.17) is 11.6 Å². The Hall–Kier alpha value is -1.43. The average Bonchev–Trinajstić information content (AvgIpc) is 3.01. The summed E-state index contributed by atoms with van der Waals surface area (Å²) in [7, 11) is 0. The van der Waals surface area contributed by atoms with Gasteiger partial charge in [-0.3, -0.25) is 4.79 Å². The molecule has 0 radical (unpaired) electrons. The van der Waals surface area contributed by atoms with Crippen molar-refractivity contribution in [3.8, 4) is 0 Å². The number of carbonyl (C=O) groups excluding carboxylic acids is 1. The molecule has 0 aliphatic carbocycles. The lowest BCUT2D eigenvalue weighted by molar-refractivity contribution is -0.917. The van der Waals surface area contributed by atoms with E-state index in [0.717, 1.165) is 32.7 Å². The van der Waals surface area contributed by atoms with E-state index in [2.05, 4.69) is 21.8 Å². The smallest absolute Gasteiger partial charge is 0.255 e. The lowest BCUT2D eigenvalue weighted by Gasteiger charge is -2.32. The molecule has 0 aromatic carbocycles. The van der Waals surface area contributed by atoms with Crippen LogP contribution in [0.2, 0.25) is 5.15 Å². The molecule has 1 fully saturated rings. The van der Waals surface area contributed by atoms with Crippen LogP contribution in [0, 0.1) is 0 Å². The van der Waals surface area contributed by atoms with Crippen LogP contribution in [-0.4, -0.2) is 42.0 Å². The zero-order valence-corrected chi connectivity index (χ0v) is 13.2. The number of halogens is 1. The average molecular weight is 323 g/mol. The van der Waals surface area contributed by atoms with E-state index >= 15 is 0 Å². The van der Waals surface area contributed by atoms with Crippen molar-refractivity contribution in [2.75, 3.05) is 26.2 Å². The van der Waals surface area contributed by atoms with Crippen molar-refractivity contribution in [2.45, 2.75) is 6.54 Å².